The van der Waals surface area contributed by atoms with Crippen LogP contribution >= 0.6 is 11.3 Å². The standard InChI is InChI=1S/C11H11NO4S/c1-12-5-7(13)6-3-8(15-2)10-9(4-6)17-11(14)16-10/h3-4,12H,5H2,1-2H3. The summed E-state index contributed by atoms with van der Waals surface area (Å²) in [4.78, 5) is 22.5. The second-order valence-electron chi connectivity index (χ2n) is 3.41. The first kappa shape index (κ1) is 11.8. The van der Waals surface area contributed by atoms with E-state index in [1.54, 1.807) is 19.2 Å². The Hall–Kier alpha value is -1.66. The molecule has 0 aliphatic carbocycles. The van der Waals surface area contributed by atoms with Crippen LogP contribution in [0.2, 0.25) is 0 Å². The molecule has 1 aromatic heterocycles. The molecule has 0 fully saturated rings. The number of nitrogens with one attached hydrogen (secondary N) is 1. The maximum atomic E-state index is 11.7. The van der Waals surface area contributed by atoms with Crippen LogP contribution in [0.4, 0.5) is 0 Å². The average Bonchev–Trinajstić information content (AvgIpc) is 2.68. The zero-order valence-corrected chi connectivity index (χ0v) is 10.2. The van der Waals surface area contributed by atoms with E-state index in [0.717, 1.165) is 11.3 Å². The molecule has 0 amide bonds. The Kier molecular flexibility index (Phi) is 3.26. The monoisotopic (exact) mass is 253 g/mol. The zero-order chi connectivity index (χ0) is 12.4. The van der Waals surface area contributed by atoms with Gasteiger partial charge in [0.1, 0.15) is 0 Å². The van der Waals surface area contributed by atoms with Crippen molar-refractivity contribution in [2.45, 2.75) is 0 Å². The molecule has 90 valence electrons. The second-order valence-corrected chi connectivity index (χ2v) is 4.39. The molecule has 5 nitrogen and oxygen atoms in total. The smallest absolute Gasteiger partial charge is 0.396 e. The number of fused-ring (bicyclic) bond motifs is 1. The Labute approximate surface area is 101 Å². The number of carbonyl (C=O) groups is 1. The summed E-state index contributed by atoms with van der Waals surface area (Å²) in [5, 5.41) is 2.78. The molecule has 0 aliphatic rings. The summed E-state index contributed by atoms with van der Waals surface area (Å²) in [5.74, 6) is 0.342. The van der Waals surface area contributed by atoms with Gasteiger partial charge in [0, 0.05) is 5.56 Å². The molecule has 0 bridgehead atoms. The van der Waals surface area contributed by atoms with Crippen LogP contribution < -0.4 is 15.0 Å². The van der Waals surface area contributed by atoms with Crippen molar-refractivity contribution < 1.29 is 13.9 Å². The number of hydrogen-bond donors (Lipinski definition) is 1. The first-order valence-corrected chi connectivity index (χ1v) is 5.77. The molecule has 0 atom stereocenters. The van der Waals surface area contributed by atoms with Gasteiger partial charge >= 0.3 is 4.94 Å². The molecule has 0 unspecified atom stereocenters. The topological polar surface area (TPSA) is 68.5 Å². The summed E-state index contributed by atoms with van der Waals surface area (Å²) >= 11 is 0.956. The van der Waals surface area contributed by atoms with Gasteiger partial charge in [-0.1, -0.05) is 11.3 Å². The molecular formula is C11H11NO4S. The van der Waals surface area contributed by atoms with Gasteiger partial charge in [0.25, 0.3) is 0 Å². The van der Waals surface area contributed by atoms with Crippen LogP contribution in [0.3, 0.4) is 0 Å². The SMILES string of the molecule is CNCC(=O)c1cc(OC)c2oc(=O)sc2c1. The summed E-state index contributed by atoms with van der Waals surface area (Å²) < 4.78 is 10.7. The highest BCUT2D eigenvalue weighted by molar-refractivity contribution is 7.16. The molecular weight excluding hydrogens is 242 g/mol. The normalized spacial score (nSPS) is 10.7. The fourth-order valence-corrected chi connectivity index (χ4v) is 2.25. The third kappa shape index (κ3) is 2.22. The number of hydrogen-bond acceptors (Lipinski definition) is 6. The molecule has 6 heteroatoms. The maximum Gasteiger partial charge on any atom is 0.396 e. The van der Waals surface area contributed by atoms with Crippen LogP contribution in [-0.2, 0) is 0 Å². The third-order valence-electron chi connectivity index (χ3n) is 2.28. The van der Waals surface area contributed by atoms with Crippen molar-refractivity contribution in [3.8, 4) is 5.75 Å². The molecule has 0 saturated carbocycles. The van der Waals surface area contributed by atoms with Crippen LogP contribution in [0.1, 0.15) is 10.4 Å². The Morgan fingerprint density at radius 3 is 2.94 bits per heavy atom. The first-order valence-electron chi connectivity index (χ1n) is 4.95. The minimum atomic E-state index is -0.406. The molecule has 2 aromatic rings. The van der Waals surface area contributed by atoms with Crippen molar-refractivity contribution in [2.24, 2.45) is 0 Å². The van der Waals surface area contributed by atoms with Gasteiger partial charge in [0.2, 0.25) is 0 Å². The van der Waals surface area contributed by atoms with E-state index in [1.807, 2.05) is 0 Å². The van der Waals surface area contributed by atoms with Crippen molar-refractivity contribution in [1.82, 2.24) is 5.32 Å². The summed E-state index contributed by atoms with van der Waals surface area (Å²) in [6, 6.07) is 3.23. The zero-order valence-electron chi connectivity index (χ0n) is 9.40. The third-order valence-corrected chi connectivity index (χ3v) is 3.05. The highest BCUT2D eigenvalue weighted by Crippen LogP contribution is 2.29. The number of carbonyl (C=O) groups excluding carboxylic acids is 1. The van der Waals surface area contributed by atoms with Crippen LogP contribution in [0.5, 0.6) is 5.75 Å². The predicted molar refractivity (Wildman–Crippen MR) is 65.2 cm³/mol. The van der Waals surface area contributed by atoms with E-state index in [-0.39, 0.29) is 12.3 Å². The number of ether oxygens (including phenoxy) is 1. The Balaban J connectivity index is 2.59. The van der Waals surface area contributed by atoms with E-state index in [1.165, 1.54) is 7.11 Å². The van der Waals surface area contributed by atoms with Gasteiger partial charge in [-0.2, -0.15) is 0 Å². The molecule has 0 saturated heterocycles. The van der Waals surface area contributed by atoms with Crippen molar-refractivity contribution in [2.75, 3.05) is 20.7 Å². The summed E-state index contributed by atoms with van der Waals surface area (Å²) in [5.41, 5.74) is 0.893. The average molecular weight is 253 g/mol. The van der Waals surface area contributed by atoms with E-state index in [4.69, 9.17) is 9.15 Å². The summed E-state index contributed by atoms with van der Waals surface area (Å²) in [7, 11) is 3.17. The van der Waals surface area contributed by atoms with E-state index >= 15 is 0 Å². The van der Waals surface area contributed by atoms with Gasteiger partial charge in [-0.25, -0.2) is 4.79 Å². The second kappa shape index (κ2) is 4.68. The number of benzene rings is 1. The minimum Gasteiger partial charge on any atom is -0.493 e. The van der Waals surface area contributed by atoms with Crippen LogP contribution in [0, 0.1) is 0 Å². The lowest BCUT2D eigenvalue weighted by atomic mass is 10.1. The molecule has 0 spiro atoms. The van der Waals surface area contributed by atoms with E-state index in [9.17, 15) is 9.59 Å². The van der Waals surface area contributed by atoms with Crippen molar-refractivity contribution >= 4 is 27.4 Å². The van der Waals surface area contributed by atoms with E-state index < -0.39 is 4.94 Å². The molecule has 1 heterocycles. The van der Waals surface area contributed by atoms with E-state index in [0.29, 0.717) is 21.6 Å². The molecule has 1 N–H and O–H groups in total. The molecule has 1 aromatic carbocycles. The van der Waals surface area contributed by atoms with Crippen molar-refractivity contribution in [1.29, 1.82) is 0 Å². The largest absolute Gasteiger partial charge is 0.493 e. The summed E-state index contributed by atoms with van der Waals surface area (Å²) in [6.45, 7) is 0.238. The van der Waals surface area contributed by atoms with Crippen LogP contribution in [-0.4, -0.2) is 26.5 Å². The predicted octanol–water partition coefficient (Wildman–Crippen LogP) is 1.27. The maximum absolute atomic E-state index is 11.7. The van der Waals surface area contributed by atoms with Crippen molar-refractivity contribution in [3.63, 3.8) is 0 Å². The van der Waals surface area contributed by atoms with Gasteiger partial charge in [-0.15, -0.1) is 0 Å². The number of ketones is 1. The number of rotatable bonds is 4. The van der Waals surface area contributed by atoms with Gasteiger partial charge in [0.05, 0.1) is 18.4 Å². The first-order chi connectivity index (χ1) is 8.15. The fourth-order valence-electron chi connectivity index (χ4n) is 1.52. The molecule has 2 rings (SSSR count). The number of Topliss-reactive ketones (excluding diaryl/α,β-unsaturated/α-hetero) is 1. The number of methoxy groups -OCH3 is 1. The van der Waals surface area contributed by atoms with Crippen LogP contribution in [0.15, 0.2) is 21.3 Å². The lowest BCUT2D eigenvalue weighted by molar-refractivity contribution is 0.0993. The highest BCUT2D eigenvalue weighted by atomic mass is 32.1. The molecule has 17 heavy (non-hydrogen) atoms. The Bertz CT molecular complexity index is 613. The molecule has 0 aliphatic heterocycles. The molecule has 0 radical (unpaired) electrons. The minimum absolute atomic E-state index is 0.0615. The summed E-state index contributed by atoms with van der Waals surface area (Å²) in [6.07, 6.45) is 0. The van der Waals surface area contributed by atoms with Crippen molar-refractivity contribution in [3.05, 3.63) is 27.4 Å². The van der Waals surface area contributed by atoms with Gasteiger partial charge < -0.3 is 14.5 Å². The lowest BCUT2D eigenvalue weighted by Gasteiger charge is -2.04. The Morgan fingerprint density at radius 1 is 1.53 bits per heavy atom. The lowest BCUT2D eigenvalue weighted by Crippen LogP contribution is -2.18. The fraction of sp³-hybridized carbons (Fsp3) is 0.273. The van der Waals surface area contributed by atoms with Gasteiger partial charge in [0.15, 0.2) is 17.1 Å². The highest BCUT2D eigenvalue weighted by Gasteiger charge is 2.14. The number of likely N-dealkylation sites (N-methyl/N-ethyl adjacent to an activating group) is 1. The van der Waals surface area contributed by atoms with Crippen LogP contribution in [0.25, 0.3) is 10.3 Å². The van der Waals surface area contributed by atoms with E-state index in [2.05, 4.69) is 5.32 Å². The quantitative estimate of drug-likeness (QED) is 0.831. The van der Waals surface area contributed by atoms with Gasteiger partial charge in [-0.3, -0.25) is 4.79 Å². The van der Waals surface area contributed by atoms with Gasteiger partial charge in [-0.05, 0) is 19.2 Å². The Morgan fingerprint density at radius 2 is 2.29 bits per heavy atom.